The normalized spacial score (nSPS) is 25.7. The van der Waals surface area contributed by atoms with Crippen molar-refractivity contribution in [3.05, 3.63) is 27.7 Å². The molecule has 0 aromatic heterocycles. The maximum atomic E-state index is 5.98. The number of ether oxygens (including phenoxy) is 1. The quantitative estimate of drug-likeness (QED) is 0.855. The van der Waals surface area contributed by atoms with E-state index in [0.29, 0.717) is 6.04 Å². The van der Waals surface area contributed by atoms with E-state index in [-0.39, 0.29) is 5.60 Å². The minimum Gasteiger partial charge on any atom is -0.486 e. The van der Waals surface area contributed by atoms with Crippen LogP contribution in [0, 0.1) is 0 Å². The van der Waals surface area contributed by atoms with Crippen molar-refractivity contribution >= 4 is 15.9 Å². The molecule has 17 heavy (non-hydrogen) atoms. The average molecular weight is 296 g/mol. The SMILES string of the molecule is CC1(C)Cc2cc(C3CCCN3)cc(Br)c2O1. The smallest absolute Gasteiger partial charge is 0.137 e. The summed E-state index contributed by atoms with van der Waals surface area (Å²) in [6.45, 7) is 5.43. The van der Waals surface area contributed by atoms with Crippen molar-refractivity contribution in [3.8, 4) is 5.75 Å². The lowest BCUT2D eigenvalue weighted by atomic mass is 9.97. The first-order valence-electron chi connectivity index (χ1n) is 6.30. The summed E-state index contributed by atoms with van der Waals surface area (Å²) < 4.78 is 7.08. The standard InChI is InChI=1S/C14H18BrNO/c1-14(2)8-10-6-9(12-4-3-5-16-12)7-11(15)13(10)17-14/h6-7,12,16H,3-5,8H2,1-2H3. The Balaban J connectivity index is 1.98. The predicted molar refractivity (Wildman–Crippen MR) is 72.5 cm³/mol. The first kappa shape index (κ1) is 11.5. The van der Waals surface area contributed by atoms with Crippen LogP contribution in [-0.4, -0.2) is 12.1 Å². The van der Waals surface area contributed by atoms with Crippen LogP contribution in [0.3, 0.4) is 0 Å². The van der Waals surface area contributed by atoms with Gasteiger partial charge >= 0.3 is 0 Å². The molecule has 1 N–H and O–H groups in total. The molecule has 1 saturated heterocycles. The summed E-state index contributed by atoms with van der Waals surface area (Å²) in [6, 6.07) is 5.06. The lowest BCUT2D eigenvalue weighted by molar-refractivity contribution is 0.137. The number of benzene rings is 1. The molecule has 1 unspecified atom stereocenters. The Morgan fingerprint density at radius 2 is 2.24 bits per heavy atom. The summed E-state index contributed by atoms with van der Waals surface area (Å²) >= 11 is 3.64. The number of nitrogens with one attached hydrogen (secondary N) is 1. The average Bonchev–Trinajstić information content (AvgIpc) is 2.83. The second-order valence-corrected chi connectivity index (χ2v) is 6.53. The molecule has 0 aliphatic carbocycles. The fourth-order valence-electron chi connectivity index (χ4n) is 2.86. The molecule has 92 valence electrons. The minimum atomic E-state index is -0.0629. The Morgan fingerprint density at radius 1 is 1.41 bits per heavy atom. The Hall–Kier alpha value is -0.540. The van der Waals surface area contributed by atoms with Crippen molar-refractivity contribution in [1.82, 2.24) is 5.32 Å². The number of hydrogen-bond donors (Lipinski definition) is 1. The second-order valence-electron chi connectivity index (χ2n) is 5.68. The monoisotopic (exact) mass is 295 g/mol. The van der Waals surface area contributed by atoms with Crippen LogP contribution < -0.4 is 10.1 Å². The van der Waals surface area contributed by atoms with Crippen LogP contribution in [0.2, 0.25) is 0 Å². The van der Waals surface area contributed by atoms with Crippen molar-refractivity contribution in [2.45, 2.75) is 44.8 Å². The number of rotatable bonds is 1. The van der Waals surface area contributed by atoms with E-state index >= 15 is 0 Å². The Morgan fingerprint density at radius 3 is 2.94 bits per heavy atom. The Labute approximate surface area is 111 Å². The van der Waals surface area contributed by atoms with E-state index in [1.807, 2.05) is 0 Å². The molecule has 3 heteroatoms. The topological polar surface area (TPSA) is 21.3 Å². The van der Waals surface area contributed by atoms with Crippen molar-refractivity contribution in [1.29, 1.82) is 0 Å². The van der Waals surface area contributed by atoms with Crippen molar-refractivity contribution in [3.63, 3.8) is 0 Å². The van der Waals surface area contributed by atoms with E-state index < -0.39 is 0 Å². The molecule has 0 spiro atoms. The van der Waals surface area contributed by atoms with Gasteiger partial charge in [0.2, 0.25) is 0 Å². The fraction of sp³-hybridized carbons (Fsp3) is 0.571. The zero-order valence-electron chi connectivity index (χ0n) is 10.3. The van der Waals surface area contributed by atoms with Gasteiger partial charge in [-0.25, -0.2) is 0 Å². The second kappa shape index (κ2) is 3.99. The Bertz CT molecular complexity index is 450. The molecule has 1 atom stereocenters. The lowest BCUT2D eigenvalue weighted by Gasteiger charge is -2.17. The largest absolute Gasteiger partial charge is 0.486 e. The third-order valence-corrected chi connectivity index (χ3v) is 4.19. The van der Waals surface area contributed by atoms with Gasteiger partial charge in [0.05, 0.1) is 4.47 Å². The van der Waals surface area contributed by atoms with E-state index in [0.717, 1.165) is 23.2 Å². The van der Waals surface area contributed by atoms with Crippen LogP contribution in [0.5, 0.6) is 5.75 Å². The lowest BCUT2D eigenvalue weighted by Crippen LogP contribution is -2.24. The molecule has 0 radical (unpaired) electrons. The van der Waals surface area contributed by atoms with Gasteiger partial charge < -0.3 is 10.1 Å². The third kappa shape index (κ3) is 2.11. The van der Waals surface area contributed by atoms with Crippen LogP contribution in [-0.2, 0) is 6.42 Å². The van der Waals surface area contributed by atoms with Gasteiger partial charge in [-0.2, -0.15) is 0 Å². The Kier molecular flexibility index (Phi) is 2.71. The molecule has 2 heterocycles. The van der Waals surface area contributed by atoms with Gasteiger partial charge in [-0.1, -0.05) is 6.07 Å². The summed E-state index contributed by atoms with van der Waals surface area (Å²) in [6.07, 6.45) is 3.53. The van der Waals surface area contributed by atoms with Crippen LogP contribution in [0.1, 0.15) is 43.9 Å². The van der Waals surface area contributed by atoms with E-state index in [1.165, 1.54) is 24.0 Å². The zero-order valence-corrected chi connectivity index (χ0v) is 11.9. The maximum absolute atomic E-state index is 5.98. The summed E-state index contributed by atoms with van der Waals surface area (Å²) in [7, 11) is 0. The number of fused-ring (bicyclic) bond motifs is 1. The van der Waals surface area contributed by atoms with Gasteiger partial charge in [-0.05, 0) is 66.4 Å². The van der Waals surface area contributed by atoms with Crippen LogP contribution in [0.4, 0.5) is 0 Å². The van der Waals surface area contributed by atoms with Gasteiger partial charge in [-0.3, -0.25) is 0 Å². The van der Waals surface area contributed by atoms with E-state index in [2.05, 4.69) is 47.2 Å². The molecule has 0 amide bonds. The van der Waals surface area contributed by atoms with Crippen molar-refractivity contribution < 1.29 is 4.74 Å². The summed E-state index contributed by atoms with van der Waals surface area (Å²) in [4.78, 5) is 0. The molecule has 1 aromatic rings. The highest BCUT2D eigenvalue weighted by Crippen LogP contribution is 2.42. The molecule has 2 nitrogen and oxygen atoms in total. The summed E-state index contributed by atoms with van der Waals surface area (Å²) in [5, 5.41) is 3.55. The van der Waals surface area contributed by atoms with Crippen molar-refractivity contribution in [2.24, 2.45) is 0 Å². The maximum Gasteiger partial charge on any atom is 0.137 e. The molecule has 1 aromatic carbocycles. The van der Waals surface area contributed by atoms with Gasteiger partial charge in [0, 0.05) is 12.5 Å². The van der Waals surface area contributed by atoms with Crippen molar-refractivity contribution in [2.75, 3.05) is 6.54 Å². The number of hydrogen-bond acceptors (Lipinski definition) is 2. The molecule has 1 fully saturated rings. The van der Waals surface area contributed by atoms with E-state index in [9.17, 15) is 0 Å². The fourth-order valence-corrected chi connectivity index (χ4v) is 3.46. The van der Waals surface area contributed by atoms with Gasteiger partial charge in [0.1, 0.15) is 11.4 Å². The third-order valence-electron chi connectivity index (χ3n) is 3.60. The highest BCUT2D eigenvalue weighted by atomic mass is 79.9. The summed E-state index contributed by atoms with van der Waals surface area (Å²) in [5.41, 5.74) is 2.68. The molecule has 2 aliphatic heterocycles. The molecule has 2 aliphatic rings. The molecule has 0 bridgehead atoms. The minimum absolute atomic E-state index is 0.0629. The first-order valence-corrected chi connectivity index (χ1v) is 7.09. The van der Waals surface area contributed by atoms with Gasteiger partial charge in [-0.15, -0.1) is 0 Å². The first-order chi connectivity index (χ1) is 8.05. The molecule has 3 rings (SSSR count). The molecule has 0 saturated carbocycles. The molecular formula is C14H18BrNO. The van der Waals surface area contributed by atoms with Crippen LogP contribution >= 0.6 is 15.9 Å². The highest BCUT2D eigenvalue weighted by Gasteiger charge is 2.32. The van der Waals surface area contributed by atoms with Crippen LogP contribution in [0.15, 0.2) is 16.6 Å². The van der Waals surface area contributed by atoms with E-state index in [4.69, 9.17) is 4.74 Å². The summed E-state index contributed by atoms with van der Waals surface area (Å²) in [5.74, 6) is 1.04. The van der Waals surface area contributed by atoms with Gasteiger partial charge in [0.25, 0.3) is 0 Å². The highest BCUT2D eigenvalue weighted by molar-refractivity contribution is 9.10. The number of halogens is 1. The zero-order chi connectivity index (χ0) is 12.0. The van der Waals surface area contributed by atoms with E-state index in [1.54, 1.807) is 0 Å². The van der Waals surface area contributed by atoms with Crippen LogP contribution in [0.25, 0.3) is 0 Å². The van der Waals surface area contributed by atoms with Gasteiger partial charge in [0.15, 0.2) is 0 Å². The molecular weight excluding hydrogens is 278 g/mol. The predicted octanol–water partition coefficient (Wildman–Crippen LogP) is 3.59.